The van der Waals surface area contributed by atoms with E-state index in [0.717, 1.165) is 12.1 Å². The Labute approximate surface area is 118 Å². The summed E-state index contributed by atoms with van der Waals surface area (Å²) in [4.78, 5) is 14.0. The summed E-state index contributed by atoms with van der Waals surface area (Å²) in [5.41, 5.74) is -0.372. The molecule has 110 valence electrons. The Morgan fingerprint density at radius 3 is 2.52 bits per heavy atom. The molecule has 0 fully saturated rings. The molecule has 0 amide bonds. The molecule has 0 aliphatic carbocycles. The van der Waals surface area contributed by atoms with Crippen molar-refractivity contribution >= 4 is 21.8 Å². The van der Waals surface area contributed by atoms with Crippen LogP contribution < -0.4 is 4.72 Å². The third-order valence-corrected chi connectivity index (χ3v) is 3.81. The van der Waals surface area contributed by atoms with E-state index in [4.69, 9.17) is 5.11 Å². The fraction of sp³-hybridized carbons (Fsp3) is 0. The van der Waals surface area contributed by atoms with E-state index in [-0.39, 0.29) is 5.56 Å². The molecule has 6 nitrogen and oxygen atoms in total. The van der Waals surface area contributed by atoms with Crippen molar-refractivity contribution in [3.05, 3.63) is 53.7 Å². The zero-order valence-corrected chi connectivity index (χ0v) is 11.1. The summed E-state index contributed by atoms with van der Waals surface area (Å²) in [5, 5.41) is 8.93. The molecule has 21 heavy (non-hydrogen) atoms. The zero-order chi connectivity index (χ0) is 15.6. The zero-order valence-electron chi connectivity index (χ0n) is 10.2. The molecule has 0 spiro atoms. The maximum absolute atomic E-state index is 13.1. The van der Waals surface area contributed by atoms with E-state index in [9.17, 15) is 22.0 Å². The Hall–Kier alpha value is -2.55. The quantitative estimate of drug-likeness (QED) is 0.898. The minimum Gasteiger partial charge on any atom is -0.478 e. The molecule has 0 radical (unpaired) electrons. The van der Waals surface area contributed by atoms with Crippen molar-refractivity contribution in [2.24, 2.45) is 0 Å². The first-order chi connectivity index (χ1) is 9.81. The lowest BCUT2D eigenvalue weighted by atomic mass is 10.3. The van der Waals surface area contributed by atoms with Gasteiger partial charge >= 0.3 is 5.97 Å². The maximum atomic E-state index is 13.1. The van der Waals surface area contributed by atoms with Crippen LogP contribution in [0.25, 0.3) is 0 Å². The number of hydrogen-bond donors (Lipinski definition) is 2. The summed E-state index contributed by atoms with van der Waals surface area (Å²) in [7, 11) is -4.29. The summed E-state index contributed by atoms with van der Waals surface area (Å²) < 4.78 is 51.8. The monoisotopic (exact) mass is 314 g/mol. The SMILES string of the molecule is O=C(O)c1cccnc1NS(=O)(=O)c1ccc(F)c(F)c1. The van der Waals surface area contributed by atoms with Crippen LogP contribution in [0.3, 0.4) is 0 Å². The lowest BCUT2D eigenvalue weighted by Crippen LogP contribution is -2.17. The number of carboxylic acid groups (broad SMARTS) is 1. The fourth-order valence-electron chi connectivity index (χ4n) is 1.49. The van der Waals surface area contributed by atoms with Gasteiger partial charge in [0.2, 0.25) is 0 Å². The number of pyridine rings is 1. The number of nitrogens with zero attached hydrogens (tertiary/aromatic N) is 1. The molecule has 0 unspecified atom stereocenters. The molecular weight excluding hydrogens is 306 g/mol. The fourth-order valence-corrected chi connectivity index (χ4v) is 2.53. The van der Waals surface area contributed by atoms with E-state index in [2.05, 4.69) is 4.98 Å². The van der Waals surface area contributed by atoms with Crippen LogP contribution in [0.15, 0.2) is 41.4 Å². The van der Waals surface area contributed by atoms with Crippen molar-refractivity contribution < 1.29 is 27.1 Å². The van der Waals surface area contributed by atoms with Gasteiger partial charge in [0.1, 0.15) is 5.56 Å². The number of benzene rings is 1. The van der Waals surface area contributed by atoms with Gasteiger partial charge in [-0.15, -0.1) is 0 Å². The highest BCUT2D eigenvalue weighted by molar-refractivity contribution is 7.92. The van der Waals surface area contributed by atoms with Crippen molar-refractivity contribution in [1.82, 2.24) is 4.98 Å². The smallest absolute Gasteiger partial charge is 0.339 e. The molecule has 0 bridgehead atoms. The number of nitrogens with one attached hydrogen (secondary N) is 1. The molecule has 0 saturated carbocycles. The van der Waals surface area contributed by atoms with Gasteiger partial charge in [-0.1, -0.05) is 0 Å². The standard InChI is InChI=1S/C12H8F2N2O4S/c13-9-4-3-7(6-10(9)14)21(19,20)16-11-8(12(17)18)2-1-5-15-11/h1-6H,(H,15,16)(H,17,18). The minimum absolute atomic E-state index is 0.372. The summed E-state index contributed by atoms with van der Waals surface area (Å²) >= 11 is 0. The Balaban J connectivity index is 2.42. The Morgan fingerprint density at radius 1 is 1.19 bits per heavy atom. The molecule has 1 heterocycles. The second kappa shape index (κ2) is 5.44. The van der Waals surface area contributed by atoms with E-state index in [1.165, 1.54) is 12.3 Å². The lowest BCUT2D eigenvalue weighted by molar-refractivity contribution is 0.0697. The van der Waals surface area contributed by atoms with Gasteiger partial charge in [0.15, 0.2) is 17.5 Å². The number of aromatic nitrogens is 1. The number of hydrogen-bond acceptors (Lipinski definition) is 4. The largest absolute Gasteiger partial charge is 0.478 e. The second-order valence-corrected chi connectivity index (χ2v) is 5.57. The number of aromatic carboxylic acids is 1. The number of carbonyl (C=O) groups is 1. The first-order valence-corrected chi connectivity index (χ1v) is 6.96. The first-order valence-electron chi connectivity index (χ1n) is 5.47. The van der Waals surface area contributed by atoms with Crippen LogP contribution in [0.4, 0.5) is 14.6 Å². The van der Waals surface area contributed by atoms with Gasteiger partial charge in [-0.3, -0.25) is 4.72 Å². The van der Waals surface area contributed by atoms with Crippen molar-refractivity contribution in [3.63, 3.8) is 0 Å². The molecule has 9 heteroatoms. The van der Waals surface area contributed by atoms with Crippen LogP contribution in [-0.2, 0) is 10.0 Å². The van der Waals surface area contributed by atoms with Crippen LogP contribution in [0.1, 0.15) is 10.4 Å². The lowest BCUT2D eigenvalue weighted by Gasteiger charge is -2.09. The number of halogens is 2. The van der Waals surface area contributed by atoms with Crippen molar-refractivity contribution in [2.75, 3.05) is 4.72 Å². The van der Waals surface area contributed by atoms with Crippen LogP contribution >= 0.6 is 0 Å². The molecule has 2 N–H and O–H groups in total. The number of sulfonamides is 1. The highest BCUT2D eigenvalue weighted by Gasteiger charge is 2.20. The van der Waals surface area contributed by atoms with Crippen LogP contribution in [0, 0.1) is 11.6 Å². The Morgan fingerprint density at radius 2 is 1.90 bits per heavy atom. The normalized spacial score (nSPS) is 11.1. The number of rotatable bonds is 4. The molecule has 0 aliphatic rings. The van der Waals surface area contributed by atoms with E-state index in [1.54, 1.807) is 0 Å². The molecule has 2 aromatic rings. The van der Waals surface area contributed by atoms with Gasteiger partial charge in [0.05, 0.1) is 4.90 Å². The van der Waals surface area contributed by atoms with E-state index < -0.39 is 38.3 Å². The van der Waals surface area contributed by atoms with Crippen LogP contribution in [0.2, 0.25) is 0 Å². The van der Waals surface area contributed by atoms with Gasteiger partial charge in [-0.25, -0.2) is 27.0 Å². The summed E-state index contributed by atoms with van der Waals surface area (Å²) in [6, 6.07) is 4.46. The molecule has 2 rings (SSSR count). The van der Waals surface area contributed by atoms with Crippen molar-refractivity contribution in [1.29, 1.82) is 0 Å². The maximum Gasteiger partial charge on any atom is 0.339 e. The Bertz CT molecular complexity index is 809. The van der Waals surface area contributed by atoms with E-state index in [1.807, 2.05) is 4.72 Å². The average molecular weight is 314 g/mol. The third kappa shape index (κ3) is 3.14. The molecular formula is C12H8F2N2O4S. The highest BCUT2D eigenvalue weighted by atomic mass is 32.2. The van der Waals surface area contributed by atoms with E-state index >= 15 is 0 Å². The molecule has 1 aromatic carbocycles. The van der Waals surface area contributed by atoms with Gasteiger partial charge in [0.25, 0.3) is 10.0 Å². The summed E-state index contributed by atoms with van der Waals surface area (Å²) in [6.45, 7) is 0. The van der Waals surface area contributed by atoms with Crippen molar-refractivity contribution in [2.45, 2.75) is 4.90 Å². The molecule has 1 aromatic heterocycles. The molecule has 0 saturated heterocycles. The minimum atomic E-state index is -4.29. The van der Waals surface area contributed by atoms with E-state index in [0.29, 0.717) is 12.1 Å². The number of anilines is 1. The van der Waals surface area contributed by atoms with Crippen LogP contribution in [-0.4, -0.2) is 24.5 Å². The van der Waals surface area contributed by atoms with Gasteiger partial charge in [-0.05, 0) is 30.3 Å². The van der Waals surface area contributed by atoms with Gasteiger partial charge in [-0.2, -0.15) is 0 Å². The predicted octanol–water partition coefficient (Wildman–Crippen LogP) is 1.86. The third-order valence-electron chi connectivity index (χ3n) is 2.47. The average Bonchev–Trinajstić information content (AvgIpc) is 2.41. The van der Waals surface area contributed by atoms with Crippen molar-refractivity contribution in [3.8, 4) is 0 Å². The van der Waals surface area contributed by atoms with Gasteiger partial charge < -0.3 is 5.11 Å². The van der Waals surface area contributed by atoms with Crippen LogP contribution in [0.5, 0.6) is 0 Å². The predicted molar refractivity (Wildman–Crippen MR) is 68.4 cm³/mol. The second-order valence-electron chi connectivity index (χ2n) is 3.89. The summed E-state index contributed by atoms with van der Waals surface area (Å²) in [6.07, 6.45) is 1.19. The first kappa shape index (κ1) is 14.9. The molecule has 0 atom stereocenters. The topological polar surface area (TPSA) is 96.4 Å². The van der Waals surface area contributed by atoms with Gasteiger partial charge in [0, 0.05) is 6.20 Å². The number of carboxylic acids is 1. The molecule has 0 aliphatic heterocycles. The Kier molecular flexibility index (Phi) is 3.85. The summed E-state index contributed by atoms with van der Waals surface area (Å²) in [5.74, 6) is -4.34. The highest BCUT2D eigenvalue weighted by Crippen LogP contribution is 2.19.